The number of ether oxygens (including phenoxy) is 4. The zero-order chi connectivity index (χ0) is 63.2. The van der Waals surface area contributed by atoms with Crippen molar-refractivity contribution in [1.82, 2.24) is 8.75 Å². The van der Waals surface area contributed by atoms with Crippen molar-refractivity contribution >= 4 is 100 Å². The Balaban J connectivity index is 0.00000613. The van der Waals surface area contributed by atoms with E-state index in [4.69, 9.17) is 27.7 Å². The second-order valence-electron chi connectivity index (χ2n) is 24.8. The topological polar surface area (TPSA) is 96.8 Å². The zero-order valence-electron chi connectivity index (χ0n) is 55.1. The summed E-state index contributed by atoms with van der Waals surface area (Å²) in [5.74, 6) is 0.734. The van der Waals surface area contributed by atoms with E-state index in [-0.39, 0.29) is 26.8 Å². The lowest BCUT2D eigenvalue weighted by Gasteiger charge is -2.20. The lowest BCUT2D eigenvalue weighted by Crippen LogP contribution is -2.11. The van der Waals surface area contributed by atoms with Gasteiger partial charge in [0.05, 0.1) is 69.8 Å². The van der Waals surface area contributed by atoms with Crippen LogP contribution in [0, 0.1) is 0 Å². The van der Waals surface area contributed by atoms with Gasteiger partial charge >= 0.3 is 11.9 Å². The van der Waals surface area contributed by atoms with Gasteiger partial charge in [0.15, 0.2) is 11.5 Å². The number of benzene rings is 4. The average Bonchev–Trinajstić information content (AvgIpc) is 1.63. The third-order valence-electron chi connectivity index (χ3n) is 17.5. The van der Waals surface area contributed by atoms with E-state index in [0.717, 1.165) is 142 Å². The number of nitrogens with zero attached hydrogens (tertiary/aromatic N) is 2. The molecule has 0 atom stereocenters. The van der Waals surface area contributed by atoms with Gasteiger partial charge in [-0.2, -0.15) is 8.75 Å². The van der Waals surface area contributed by atoms with Crippen molar-refractivity contribution < 1.29 is 28.5 Å². The molecule has 0 saturated carbocycles. The number of esters is 2. The zero-order valence-corrected chi connectivity index (χ0v) is 59.2. The van der Waals surface area contributed by atoms with Crippen LogP contribution < -0.4 is 9.47 Å². The van der Waals surface area contributed by atoms with Crippen LogP contribution in [0.25, 0.3) is 82.7 Å². The number of thiophene rings is 4. The smallest absolute Gasteiger partial charge is 0.340 e. The maximum Gasteiger partial charge on any atom is 0.340 e. The molecular weight excluding hydrogens is 1250 g/mol. The molecule has 0 radical (unpaired) electrons. The quantitative estimate of drug-likeness (QED) is 0.0275. The lowest BCUT2D eigenvalue weighted by atomic mass is 10.0. The van der Waals surface area contributed by atoms with Gasteiger partial charge in [0, 0.05) is 40.0 Å². The Hall–Kier alpha value is -5.44. The van der Waals surface area contributed by atoms with E-state index in [9.17, 15) is 0 Å². The summed E-state index contributed by atoms with van der Waals surface area (Å²) in [6.45, 7) is 10.8. The van der Waals surface area contributed by atoms with E-state index >= 15 is 9.59 Å². The van der Waals surface area contributed by atoms with E-state index in [1.54, 1.807) is 45.3 Å². The molecule has 0 N–H and O–H groups in total. The summed E-state index contributed by atoms with van der Waals surface area (Å²) in [5, 5.41) is 1.45. The number of carbonyl (C=O) groups is 2. The van der Waals surface area contributed by atoms with Crippen molar-refractivity contribution in [2.75, 3.05) is 26.4 Å². The average molecular weight is 1350 g/mol. The van der Waals surface area contributed by atoms with Crippen molar-refractivity contribution in [3.8, 4) is 63.0 Å². The Bertz CT molecular complexity index is 3500. The Morgan fingerprint density at radius 2 is 0.667 bits per heavy atom. The fourth-order valence-electron chi connectivity index (χ4n) is 12.3. The molecule has 0 saturated heterocycles. The predicted molar refractivity (Wildman–Crippen MR) is 407 cm³/mol. The highest BCUT2D eigenvalue weighted by Gasteiger charge is 2.32. The van der Waals surface area contributed by atoms with E-state index in [0.29, 0.717) is 43.3 Å². The van der Waals surface area contributed by atoms with E-state index in [1.807, 2.05) is 18.2 Å². The van der Waals surface area contributed by atoms with Gasteiger partial charge in [-0.15, -0.1) is 45.3 Å². The molecule has 13 heteroatoms. The molecule has 0 aliphatic carbocycles. The van der Waals surface area contributed by atoms with Crippen LogP contribution in [-0.4, -0.2) is 47.1 Å². The molecule has 0 fully saturated rings. The number of fused-ring (bicyclic) bond motifs is 3. The molecule has 5 aromatic heterocycles. The summed E-state index contributed by atoms with van der Waals surface area (Å²) in [7, 11) is 0. The van der Waals surface area contributed by atoms with Gasteiger partial charge in [-0.25, -0.2) is 9.59 Å². The minimum atomic E-state index is -0.352. The van der Waals surface area contributed by atoms with Crippen molar-refractivity contribution in [3.63, 3.8) is 0 Å². The van der Waals surface area contributed by atoms with Crippen molar-refractivity contribution in [2.24, 2.45) is 0 Å². The van der Waals surface area contributed by atoms with Crippen molar-refractivity contribution in [3.05, 3.63) is 108 Å². The van der Waals surface area contributed by atoms with Gasteiger partial charge in [-0.05, 0) is 73.2 Å². The molecule has 504 valence electrons. The number of hydrogen-bond acceptors (Lipinski definition) is 13. The molecule has 93 heavy (non-hydrogen) atoms. The molecule has 0 spiro atoms. The molecule has 9 rings (SSSR count). The molecular formula is C80H108N2O6S5. The summed E-state index contributed by atoms with van der Waals surface area (Å²) in [6, 6.07) is 33.8. The fourth-order valence-corrected chi connectivity index (χ4v) is 17.5. The van der Waals surface area contributed by atoms with E-state index in [1.165, 1.54) is 163 Å². The standard InChI is InChI=1S/C78H100N2O6S5.2CH4/c1-5-9-13-17-21-23-25-27-31-41-53-85-77(81)67-59-55-65(58-45-37-34-38-46-58)89-75(59)68(78(82)86-54-42-32-28-26-24-22-18-14-10-6-2)60-56-66(90-76(60)67)62-48-50-64(88-62)70-72-71(79-91-80-72)69(63-49-47-61(87-63)57-43-35-33-36-44-57)73(83-51-39-29-19-15-11-7-3)74(70)84-52-40-30-20-16-12-8-4;;/h33-38,43-50,55-56H,5-32,39-42,51-54H2,1-4H3;2*1H4. The monoisotopic (exact) mass is 1350 g/mol. The first kappa shape index (κ1) is 74.9. The normalized spacial score (nSPS) is 11.4. The number of hydrogen-bond donors (Lipinski definition) is 0. The van der Waals surface area contributed by atoms with Crippen molar-refractivity contribution in [2.45, 2.75) is 248 Å². The number of unbranched alkanes of at least 4 members (excludes halogenated alkanes) is 28. The van der Waals surface area contributed by atoms with Crippen molar-refractivity contribution in [1.29, 1.82) is 0 Å². The highest BCUT2D eigenvalue weighted by Crippen LogP contribution is 2.55. The SMILES string of the molecule is C.C.CCCCCCCCCCCCOC(=O)c1c2cc(-c3ccc(-c4c(OCCCCCCCC)c(OCCCCCCCC)c(-c5ccc(-c6ccccc6)s5)c5nsnc45)s3)sc2c(C(=O)OCCCCCCCCCCCC)c2cc(-c3ccccc3)sc12. The third kappa shape index (κ3) is 21.3. The minimum absolute atomic E-state index is 0. The van der Waals surface area contributed by atoms with Gasteiger partial charge in [0.25, 0.3) is 0 Å². The number of aromatic nitrogens is 2. The Labute approximate surface area is 579 Å². The van der Waals surface area contributed by atoms with Gasteiger partial charge < -0.3 is 18.9 Å². The summed E-state index contributed by atoms with van der Waals surface area (Å²) in [5.41, 5.74) is 6.64. The summed E-state index contributed by atoms with van der Waals surface area (Å²) in [6.07, 6.45) is 37.7. The first-order valence-electron chi connectivity index (χ1n) is 35.2. The fraction of sp³-hybridized carbons (Fsp3) is 0.525. The number of carbonyl (C=O) groups excluding carboxylic acids is 2. The Morgan fingerprint density at radius 1 is 0.344 bits per heavy atom. The van der Waals surface area contributed by atoms with Crippen LogP contribution in [0.15, 0.2) is 97.1 Å². The molecule has 0 amide bonds. The van der Waals surface area contributed by atoms with Crippen LogP contribution in [0.1, 0.15) is 269 Å². The lowest BCUT2D eigenvalue weighted by molar-refractivity contribution is 0.0490. The van der Waals surface area contributed by atoms with Crippen LogP contribution in [-0.2, 0) is 9.47 Å². The van der Waals surface area contributed by atoms with Crippen LogP contribution in [0.4, 0.5) is 0 Å². The van der Waals surface area contributed by atoms with E-state index < -0.39 is 0 Å². The van der Waals surface area contributed by atoms with Crippen LogP contribution in [0.3, 0.4) is 0 Å². The third-order valence-corrected chi connectivity index (χ3v) is 22.8. The first-order valence-corrected chi connectivity index (χ1v) is 39.2. The molecule has 0 aliphatic heterocycles. The predicted octanol–water partition coefficient (Wildman–Crippen LogP) is 27.5. The molecule has 9 aromatic rings. The first-order chi connectivity index (χ1) is 44.9. The summed E-state index contributed by atoms with van der Waals surface area (Å²) in [4.78, 5) is 36.2. The van der Waals surface area contributed by atoms with Crippen LogP contribution >= 0.6 is 57.1 Å². The second-order valence-corrected chi connectivity index (χ2v) is 29.6. The number of rotatable bonds is 45. The largest absolute Gasteiger partial charge is 0.489 e. The minimum Gasteiger partial charge on any atom is -0.489 e. The second kappa shape index (κ2) is 41.5. The van der Waals surface area contributed by atoms with Gasteiger partial charge in [-0.3, -0.25) is 0 Å². The Kier molecular flexibility index (Phi) is 33.4. The molecule has 0 unspecified atom stereocenters. The van der Waals surface area contributed by atoms with E-state index in [2.05, 4.69) is 107 Å². The Morgan fingerprint density at radius 3 is 1.08 bits per heavy atom. The summed E-state index contributed by atoms with van der Waals surface area (Å²) >= 11 is 7.75. The summed E-state index contributed by atoms with van der Waals surface area (Å²) < 4.78 is 38.7. The van der Waals surface area contributed by atoms with Gasteiger partial charge in [0.1, 0.15) is 11.0 Å². The maximum atomic E-state index is 15.0. The molecule has 5 heterocycles. The van der Waals surface area contributed by atoms with Crippen LogP contribution in [0.2, 0.25) is 0 Å². The molecule has 0 bridgehead atoms. The highest BCUT2D eigenvalue weighted by molar-refractivity contribution is 7.28. The maximum absolute atomic E-state index is 15.0. The molecule has 0 aliphatic rings. The molecule has 8 nitrogen and oxygen atoms in total. The molecule has 4 aromatic carbocycles. The van der Waals surface area contributed by atoms with Gasteiger partial charge in [0.2, 0.25) is 0 Å². The van der Waals surface area contributed by atoms with Gasteiger partial charge in [-0.1, -0.05) is 283 Å². The van der Waals surface area contributed by atoms with Crippen LogP contribution in [0.5, 0.6) is 11.5 Å². The highest BCUT2D eigenvalue weighted by atomic mass is 32.1.